The van der Waals surface area contributed by atoms with E-state index < -0.39 is 0 Å². The van der Waals surface area contributed by atoms with Crippen LogP contribution >= 0.6 is 0 Å². The third-order valence-electron chi connectivity index (χ3n) is 3.07. The van der Waals surface area contributed by atoms with E-state index >= 15 is 0 Å². The van der Waals surface area contributed by atoms with Gasteiger partial charge in [0.1, 0.15) is 6.33 Å². The summed E-state index contributed by atoms with van der Waals surface area (Å²) in [5, 5.41) is 10.1. The van der Waals surface area contributed by atoms with Crippen molar-refractivity contribution in [3.8, 4) is 0 Å². The lowest BCUT2D eigenvalue weighted by Gasteiger charge is -2.04. The molecule has 1 heterocycles. The molecule has 1 N–H and O–H groups in total. The second-order valence-corrected chi connectivity index (χ2v) is 4.62. The van der Waals surface area contributed by atoms with Gasteiger partial charge >= 0.3 is 0 Å². The van der Waals surface area contributed by atoms with Gasteiger partial charge in [-0.25, -0.2) is 4.98 Å². The Morgan fingerprint density at radius 1 is 1.05 bits per heavy atom. The molecule has 0 atom stereocenters. The summed E-state index contributed by atoms with van der Waals surface area (Å²) in [4.78, 5) is 4.19. The van der Waals surface area contributed by atoms with Gasteiger partial charge in [-0.3, -0.25) is 4.68 Å². The lowest BCUT2D eigenvalue weighted by Crippen LogP contribution is -2.14. The number of aryl methyl sites for hydroxylation is 1. The van der Waals surface area contributed by atoms with Gasteiger partial charge in [0.2, 0.25) is 0 Å². The van der Waals surface area contributed by atoms with Crippen LogP contribution < -0.4 is 5.32 Å². The summed E-state index contributed by atoms with van der Waals surface area (Å²) in [6, 6.07) is 14.9. The number of fused-ring (bicyclic) bond motifs is 1. The molecule has 4 heteroatoms. The lowest BCUT2D eigenvalue weighted by molar-refractivity contribution is 0.649. The van der Waals surface area contributed by atoms with Crippen molar-refractivity contribution in [2.24, 2.45) is 7.05 Å². The van der Waals surface area contributed by atoms with Crippen molar-refractivity contribution < 1.29 is 0 Å². The van der Waals surface area contributed by atoms with Crippen molar-refractivity contribution in [3.05, 3.63) is 60.2 Å². The molecule has 0 fully saturated rings. The maximum Gasteiger partial charge on any atom is 0.164 e. The summed E-state index contributed by atoms with van der Waals surface area (Å²) in [5.41, 5.74) is 1.27. The fourth-order valence-electron chi connectivity index (χ4n) is 2.13. The number of aromatic nitrogens is 3. The second-order valence-electron chi connectivity index (χ2n) is 4.62. The molecule has 0 amide bonds. The molecule has 19 heavy (non-hydrogen) atoms. The fourth-order valence-corrected chi connectivity index (χ4v) is 2.13. The zero-order valence-corrected chi connectivity index (χ0v) is 10.9. The molecular weight excluding hydrogens is 236 g/mol. The van der Waals surface area contributed by atoms with E-state index in [1.165, 1.54) is 16.3 Å². The summed E-state index contributed by atoms with van der Waals surface area (Å²) in [6.45, 7) is 1.51. The van der Waals surface area contributed by atoms with Gasteiger partial charge in [-0.05, 0) is 22.4 Å². The van der Waals surface area contributed by atoms with Crippen LogP contribution in [0.5, 0.6) is 0 Å². The highest BCUT2D eigenvalue weighted by atomic mass is 15.3. The van der Waals surface area contributed by atoms with Gasteiger partial charge in [0.25, 0.3) is 0 Å². The van der Waals surface area contributed by atoms with E-state index in [0.717, 1.165) is 12.4 Å². The number of nitrogens with one attached hydrogen (secondary N) is 1. The number of nitrogens with zero attached hydrogens (tertiary/aromatic N) is 3. The predicted octanol–water partition coefficient (Wildman–Crippen LogP) is 2.26. The highest BCUT2D eigenvalue weighted by molar-refractivity contribution is 5.82. The Labute approximate surface area is 112 Å². The lowest BCUT2D eigenvalue weighted by atomic mass is 10.1. The van der Waals surface area contributed by atoms with Gasteiger partial charge in [-0.2, -0.15) is 5.10 Å². The normalized spacial score (nSPS) is 11.0. The molecule has 1 aromatic heterocycles. The number of rotatable bonds is 4. The van der Waals surface area contributed by atoms with Gasteiger partial charge in [0.05, 0.1) is 6.54 Å². The van der Waals surface area contributed by atoms with Crippen LogP contribution in [-0.4, -0.2) is 14.8 Å². The molecule has 96 valence electrons. The van der Waals surface area contributed by atoms with E-state index in [0.29, 0.717) is 6.54 Å². The quantitative estimate of drug-likeness (QED) is 0.774. The van der Waals surface area contributed by atoms with Crippen molar-refractivity contribution in [1.82, 2.24) is 20.1 Å². The minimum atomic E-state index is 0.688. The Kier molecular flexibility index (Phi) is 3.25. The summed E-state index contributed by atoms with van der Waals surface area (Å²) in [6.07, 6.45) is 1.72. The molecule has 0 unspecified atom stereocenters. The average Bonchev–Trinajstić information content (AvgIpc) is 2.84. The standard InChI is InChI=1S/C15H16N4/c1-19-11-17-15(18-19)10-16-9-12-6-7-13-4-2-3-5-14(13)8-12/h2-8,11,16H,9-10H2,1H3. The van der Waals surface area contributed by atoms with Crippen LogP contribution in [0, 0.1) is 0 Å². The molecule has 0 aliphatic rings. The van der Waals surface area contributed by atoms with Gasteiger partial charge in [0.15, 0.2) is 5.82 Å². The molecule has 0 aliphatic heterocycles. The number of benzene rings is 2. The van der Waals surface area contributed by atoms with Crippen LogP contribution in [0.15, 0.2) is 48.8 Å². The van der Waals surface area contributed by atoms with Crippen molar-refractivity contribution in [2.45, 2.75) is 13.1 Å². The van der Waals surface area contributed by atoms with Crippen LogP contribution in [0.2, 0.25) is 0 Å². The zero-order valence-electron chi connectivity index (χ0n) is 10.9. The van der Waals surface area contributed by atoms with E-state index in [2.05, 4.69) is 57.9 Å². The molecule has 0 aliphatic carbocycles. The van der Waals surface area contributed by atoms with Crippen molar-refractivity contribution in [1.29, 1.82) is 0 Å². The highest BCUT2D eigenvalue weighted by Gasteiger charge is 1.99. The molecular formula is C15H16N4. The first kappa shape index (κ1) is 11.9. The van der Waals surface area contributed by atoms with Crippen LogP contribution in [0.4, 0.5) is 0 Å². The van der Waals surface area contributed by atoms with Gasteiger partial charge in [0, 0.05) is 13.6 Å². The van der Waals surface area contributed by atoms with Crippen molar-refractivity contribution in [2.75, 3.05) is 0 Å². The number of hydrogen-bond donors (Lipinski definition) is 1. The topological polar surface area (TPSA) is 42.7 Å². The third-order valence-corrected chi connectivity index (χ3v) is 3.07. The Morgan fingerprint density at radius 3 is 2.68 bits per heavy atom. The highest BCUT2D eigenvalue weighted by Crippen LogP contribution is 2.15. The van der Waals surface area contributed by atoms with E-state index in [-0.39, 0.29) is 0 Å². The van der Waals surface area contributed by atoms with E-state index in [9.17, 15) is 0 Å². The molecule has 0 saturated carbocycles. The van der Waals surface area contributed by atoms with Gasteiger partial charge < -0.3 is 5.32 Å². The minimum Gasteiger partial charge on any atom is -0.306 e. The Balaban J connectivity index is 1.65. The first-order valence-corrected chi connectivity index (χ1v) is 6.34. The molecule has 0 saturated heterocycles. The molecule has 0 spiro atoms. The number of hydrogen-bond acceptors (Lipinski definition) is 3. The first-order chi connectivity index (χ1) is 9.31. The van der Waals surface area contributed by atoms with Crippen LogP contribution in [0.1, 0.15) is 11.4 Å². The predicted molar refractivity (Wildman–Crippen MR) is 75.5 cm³/mol. The maximum absolute atomic E-state index is 4.23. The fraction of sp³-hybridized carbons (Fsp3) is 0.200. The summed E-state index contributed by atoms with van der Waals surface area (Å²) in [5.74, 6) is 0.822. The van der Waals surface area contributed by atoms with Gasteiger partial charge in [-0.1, -0.05) is 36.4 Å². The molecule has 4 nitrogen and oxygen atoms in total. The largest absolute Gasteiger partial charge is 0.306 e. The molecule has 3 aromatic rings. The summed E-state index contributed by atoms with van der Waals surface area (Å²) < 4.78 is 1.72. The summed E-state index contributed by atoms with van der Waals surface area (Å²) >= 11 is 0. The van der Waals surface area contributed by atoms with Crippen LogP contribution in [-0.2, 0) is 20.1 Å². The molecule has 0 bridgehead atoms. The van der Waals surface area contributed by atoms with E-state index in [1.54, 1.807) is 11.0 Å². The van der Waals surface area contributed by atoms with Gasteiger partial charge in [-0.15, -0.1) is 0 Å². The van der Waals surface area contributed by atoms with Crippen LogP contribution in [0.25, 0.3) is 10.8 Å². The summed E-state index contributed by atoms with van der Waals surface area (Å²) in [7, 11) is 1.87. The monoisotopic (exact) mass is 252 g/mol. The minimum absolute atomic E-state index is 0.688. The van der Waals surface area contributed by atoms with E-state index in [1.807, 2.05) is 7.05 Å². The molecule has 2 aromatic carbocycles. The Bertz CT molecular complexity index is 687. The smallest absolute Gasteiger partial charge is 0.164 e. The second kappa shape index (κ2) is 5.20. The zero-order chi connectivity index (χ0) is 13.1. The first-order valence-electron chi connectivity index (χ1n) is 6.34. The average molecular weight is 252 g/mol. The Morgan fingerprint density at radius 2 is 1.89 bits per heavy atom. The maximum atomic E-state index is 4.23. The SMILES string of the molecule is Cn1cnc(CNCc2ccc3ccccc3c2)n1. The van der Waals surface area contributed by atoms with E-state index in [4.69, 9.17) is 0 Å². The third kappa shape index (κ3) is 2.80. The van der Waals surface area contributed by atoms with Crippen molar-refractivity contribution in [3.63, 3.8) is 0 Å². The molecule has 3 rings (SSSR count). The van der Waals surface area contributed by atoms with Crippen LogP contribution in [0.3, 0.4) is 0 Å². The molecule has 0 radical (unpaired) electrons. The Hall–Kier alpha value is -2.20. The van der Waals surface area contributed by atoms with Crippen molar-refractivity contribution >= 4 is 10.8 Å².